The number of amides is 1. The predicted octanol–water partition coefficient (Wildman–Crippen LogP) is 3.98. The van der Waals surface area contributed by atoms with Crippen LogP contribution in [0.4, 0.5) is 10.7 Å². The molecule has 4 rings (SSSR count). The molecule has 1 aromatic carbocycles. The molecule has 0 bridgehead atoms. The van der Waals surface area contributed by atoms with Crippen LogP contribution in [0, 0.1) is 16.0 Å². The van der Waals surface area contributed by atoms with Gasteiger partial charge in [0.25, 0.3) is 11.6 Å². The first-order valence-corrected chi connectivity index (χ1v) is 9.47. The molecule has 0 fully saturated rings. The maximum Gasteiger partial charge on any atom is 0.270 e. The van der Waals surface area contributed by atoms with E-state index in [9.17, 15) is 14.9 Å². The number of hydrogen-bond acceptors (Lipinski definition) is 5. The fourth-order valence-electron chi connectivity index (χ4n) is 3.53. The molecule has 26 heavy (non-hydrogen) atoms. The monoisotopic (exact) mass is 369 g/mol. The number of rotatable bonds is 3. The van der Waals surface area contributed by atoms with Gasteiger partial charge in [-0.3, -0.25) is 14.9 Å². The zero-order valence-corrected chi connectivity index (χ0v) is 15.1. The molecule has 1 aliphatic heterocycles. The second kappa shape index (κ2) is 6.57. The minimum absolute atomic E-state index is 0.0421. The molecule has 2 atom stereocenters. The van der Waals surface area contributed by atoms with Crippen LogP contribution in [0.5, 0.6) is 0 Å². The topological polar surface area (TPSA) is 84.3 Å². The Morgan fingerprint density at radius 1 is 1.35 bits per heavy atom. The predicted molar refractivity (Wildman–Crippen MR) is 103 cm³/mol. The van der Waals surface area contributed by atoms with Gasteiger partial charge in [-0.05, 0) is 42.4 Å². The van der Waals surface area contributed by atoms with E-state index in [1.165, 1.54) is 22.6 Å². The Labute approximate surface area is 155 Å². The lowest BCUT2D eigenvalue weighted by Gasteiger charge is -2.24. The molecule has 6 nitrogen and oxygen atoms in total. The van der Waals surface area contributed by atoms with Gasteiger partial charge in [-0.25, -0.2) is 0 Å². The lowest BCUT2D eigenvalue weighted by atomic mass is 9.88. The number of anilines is 1. The molecule has 0 spiro atoms. The van der Waals surface area contributed by atoms with Crippen LogP contribution in [0.3, 0.4) is 0 Å². The van der Waals surface area contributed by atoms with Gasteiger partial charge in [0.05, 0.1) is 10.5 Å². The average molecular weight is 369 g/mol. The molecular weight excluding hydrogens is 350 g/mol. The summed E-state index contributed by atoms with van der Waals surface area (Å²) in [5, 5.41) is 18.1. The summed E-state index contributed by atoms with van der Waals surface area (Å²) >= 11 is 1.68. The first-order valence-electron chi connectivity index (χ1n) is 8.66. The number of nitrogens with one attached hydrogen (secondary N) is 2. The highest BCUT2D eigenvalue weighted by Gasteiger charge is 2.31. The normalized spacial score (nSPS) is 21.7. The molecule has 2 N–H and O–H groups in total. The van der Waals surface area contributed by atoms with E-state index in [1.54, 1.807) is 29.5 Å². The van der Waals surface area contributed by atoms with Gasteiger partial charge in [0, 0.05) is 17.0 Å². The Balaban J connectivity index is 1.55. The van der Waals surface area contributed by atoms with E-state index in [-0.39, 0.29) is 17.8 Å². The number of nitro benzene ring substituents is 1. The van der Waals surface area contributed by atoms with Gasteiger partial charge in [-0.2, -0.15) is 0 Å². The van der Waals surface area contributed by atoms with Gasteiger partial charge >= 0.3 is 0 Å². The van der Waals surface area contributed by atoms with Crippen molar-refractivity contribution >= 4 is 34.0 Å². The molecule has 134 valence electrons. The van der Waals surface area contributed by atoms with Crippen molar-refractivity contribution in [1.29, 1.82) is 0 Å². The Morgan fingerprint density at radius 2 is 2.19 bits per heavy atom. The second-order valence-electron chi connectivity index (χ2n) is 6.86. The summed E-state index contributed by atoms with van der Waals surface area (Å²) < 4.78 is 0. The lowest BCUT2D eigenvalue weighted by Crippen LogP contribution is -2.43. The number of non-ortho nitro benzene ring substituents is 1. The first kappa shape index (κ1) is 16.8. The highest BCUT2D eigenvalue weighted by atomic mass is 32.1. The first-order chi connectivity index (χ1) is 12.5. The van der Waals surface area contributed by atoms with E-state index < -0.39 is 4.92 Å². The van der Waals surface area contributed by atoms with E-state index in [2.05, 4.69) is 17.6 Å². The van der Waals surface area contributed by atoms with Crippen molar-refractivity contribution in [2.45, 2.75) is 32.4 Å². The summed E-state index contributed by atoms with van der Waals surface area (Å²) in [6, 6.07) is 6.42. The molecule has 2 unspecified atom stereocenters. The van der Waals surface area contributed by atoms with Crippen LogP contribution in [-0.2, 0) is 12.8 Å². The quantitative estimate of drug-likeness (QED) is 0.633. The molecule has 0 saturated heterocycles. The zero-order valence-electron chi connectivity index (χ0n) is 14.3. The Hall–Kier alpha value is -2.67. The number of nitrogens with zero attached hydrogens (tertiary/aromatic N) is 1. The van der Waals surface area contributed by atoms with Crippen LogP contribution in [0.25, 0.3) is 6.08 Å². The number of hydrogen-bond donors (Lipinski definition) is 2. The highest BCUT2D eigenvalue weighted by Crippen LogP contribution is 2.41. The molecule has 1 amide bonds. The van der Waals surface area contributed by atoms with Gasteiger partial charge in [0.2, 0.25) is 0 Å². The van der Waals surface area contributed by atoms with E-state index in [0.29, 0.717) is 5.92 Å². The summed E-state index contributed by atoms with van der Waals surface area (Å²) in [7, 11) is 0. The smallest absolute Gasteiger partial charge is 0.270 e. The number of fused-ring (bicyclic) bond motifs is 3. The highest BCUT2D eigenvalue weighted by molar-refractivity contribution is 7.16. The van der Waals surface area contributed by atoms with Crippen molar-refractivity contribution in [3.8, 4) is 0 Å². The third kappa shape index (κ3) is 3.10. The fraction of sp³-hybridized carbons (Fsp3) is 0.316. The van der Waals surface area contributed by atoms with Crippen LogP contribution < -0.4 is 10.6 Å². The number of nitro groups is 1. The lowest BCUT2D eigenvalue weighted by molar-refractivity contribution is -0.384. The summed E-state index contributed by atoms with van der Waals surface area (Å²) in [4.78, 5) is 24.4. The number of carbonyl (C=O) groups is 1. The molecule has 0 saturated carbocycles. The van der Waals surface area contributed by atoms with Gasteiger partial charge in [-0.1, -0.05) is 25.1 Å². The third-order valence-electron chi connectivity index (χ3n) is 4.87. The minimum Gasteiger partial charge on any atom is -0.353 e. The van der Waals surface area contributed by atoms with Crippen molar-refractivity contribution in [1.82, 2.24) is 5.32 Å². The molecule has 7 heteroatoms. The largest absolute Gasteiger partial charge is 0.353 e. The summed E-state index contributed by atoms with van der Waals surface area (Å²) in [5.41, 5.74) is 2.78. The molecule has 1 aliphatic carbocycles. The van der Waals surface area contributed by atoms with Crippen LogP contribution in [0.1, 0.15) is 39.7 Å². The van der Waals surface area contributed by atoms with Gasteiger partial charge in [0.1, 0.15) is 11.2 Å². The van der Waals surface area contributed by atoms with E-state index in [4.69, 9.17) is 0 Å². The van der Waals surface area contributed by atoms with Crippen LogP contribution in [0.2, 0.25) is 0 Å². The van der Waals surface area contributed by atoms with E-state index in [1.807, 2.05) is 6.08 Å². The molecular formula is C19H19N3O3S. The summed E-state index contributed by atoms with van der Waals surface area (Å²) in [5.74, 6) is 0.620. The van der Waals surface area contributed by atoms with Crippen LogP contribution in [0.15, 0.2) is 30.3 Å². The Kier molecular flexibility index (Phi) is 4.24. The van der Waals surface area contributed by atoms with Crippen molar-refractivity contribution in [3.05, 3.63) is 62.0 Å². The van der Waals surface area contributed by atoms with Crippen LogP contribution in [-0.4, -0.2) is 17.0 Å². The van der Waals surface area contributed by atoms with Crippen molar-refractivity contribution < 1.29 is 9.72 Å². The van der Waals surface area contributed by atoms with Crippen molar-refractivity contribution in [2.75, 3.05) is 5.32 Å². The molecule has 2 heterocycles. The SMILES string of the molecule is CC1CCc2c(sc3c2C(=O)NC(C=Cc2cccc([N+](=O)[O-])c2)N3)C1. The molecule has 2 aliphatic rings. The Bertz CT molecular complexity index is 919. The minimum atomic E-state index is -0.415. The summed E-state index contributed by atoms with van der Waals surface area (Å²) in [6.07, 6.45) is 6.40. The number of carbonyl (C=O) groups excluding carboxylic acids is 1. The second-order valence-corrected chi connectivity index (χ2v) is 7.97. The van der Waals surface area contributed by atoms with Gasteiger partial charge in [-0.15, -0.1) is 11.3 Å². The Morgan fingerprint density at radius 3 is 3.00 bits per heavy atom. The third-order valence-corrected chi connectivity index (χ3v) is 6.06. The molecule has 0 radical (unpaired) electrons. The van der Waals surface area contributed by atoms with E-state index >= 15 is 0 Å². The molecule has 1 aromatic heterocycles. The molecule has 2 aromatic rings. The average Bonchev–Trinajstić information content (AvgIpc) is 2.97. The van der Waals surface area contributed by atoms with Crippen molar-refractivity contribution in [2.24, 2.45) is 5.92 Å². The number of benzene rings is 1. The van der Waals surface area contributed by atoms with Gasteiger partial charge in [0.15, 0.2) is 0 Å². The van der Waals surface area contributed by atoms with Crippen molar-refractivity contribution in [3.63, 3.8) is 0 Å². The maximum absolute atomic E-state index is 12.6. The summed E-state index contributed by atoms with van der Waals surface area (Å²) in [6.45, 7) is 2.25. The van der Waals surface area contributed by atoms with E-state index in [0.717, 1.165) is 35.4 Å². The number of thiophene rings is 1. The zero-order chi connectivity index (χ0) is 18.3. The van der Waals surface area contributed by atoms with Gasteiger partial charge < -0.3 is 10.6 Å². The standard InChI is InChI=1S/C19H19N3O3S/c1-11-5-7-14-15(9-11)26-19-17(14)18(23)20-16(21-19)8-6-12-3-2-4-13(10-12)22(24)25/h2-4,6,8,10-11,16,21H,5,7,9H2,1H3,(H,20,23). The fourth-order valence-corrected chi connectivity index (χ4v) is 4.97. The maximum atomic E-state index is 12.6. The van der Waals surface area contributed by atoms with Crippen LogP contribution >= 0.6 is 11.3 Å².